The van der Waals surface area contributed by atoms with Gasteiger partial charge < -0.3 is 5.32 Å². The van der Waals surface area contributed by atoms with Crippen LogP contribution in [0.2, 0.25) is 0 Å². The summed E-state index contributed by atoms with van der Waals surface area (Å²) in [7, 11) is -3.57. The average Bonchev–Trinajstić information content (AvgIpc) is 2.11. The molecular formula is C10H14N2O2S. The molecule has 0 atom stereocenters. The van der Waals surface area contributed by atoms with Gasteiger partial charge in [0, 0.05) is 11.7 Å². The highest BCUT2D eigenvalue weighted by atomic mass is 32.2. The molecule has 1 aliphatic rings. The summed E-state index contributed by atoms with van der Waals surface area (Å²) in [4.78, 5) is 0.154. The van der Waals surface area contributed by atoms with Crippen molar-refractivity contribution in [2.24, 2.45) is 5.14 Å². The zero-order valence-electron chi connectivity index (χ0n) is 8.31. The first kappa shape index (κ1) is 10.4. The number of hydrogen-bond donors (Lipinski definition) is 2. The predicted molar refractivity (Wildman–Crippen MR) is 59.1 cm³/mol. The fraction of sp³-hybridized carbons (Fsp3) is 0.400. The molecule has 1 aliphatic carbocycles. The van der Waals surface area contributed by atoms with E-state index in [1.807, 2.05) is 0 Å². The molecular weight excluding hydrogens is 212 g/mol. The van der Waals surface area contributed by atoms with Gasteiger partial charge in [0.1, 0.15) is 0 Å². The maximum absolute atomic E-state index is 11.0. The summed E-state index contributed by atoms with van der Waals surface area (Å²) in [6.07, 6.45) is 3.65. The zero-order valence-corrected chi connectivity index (χ0v) is 9.13. The normalized spacial score (nSPS) is 17.1. The molecule has 15 heavy (non-hydrogen) atoms. The van der Waals surface area contributed by atoms with Gasteiger partial charge >= 0.3 is 0 Å². The summed E-state index contributed by atoms with van der Waals surface area (Å²) >= 11 is 0. The van der Waals surface area contributed by atoms with Crippen LogP contribution in [0.4, 0.5) is 5.69 Å². The maximum Gasteiger partial charge on any atom is 0.238 e. The molecule has 0 unspecified atom stereocenters. The second-order valence-electron chi connectivity index (χ2n) is 3.84. The van der Waals surface area contributed by atoms with Crippen LogP contribution in [0.1, 0.15) is 19.3 Å². The monoisotopic (exact) mass is 226 g/mol. The molecule has 82 valence electrons. The molecule has 0 spiro atoms. The summed E-state index contributed by atoms with van der Waals surface area (Å²) in [5, 5.41) is 8.32. The number of nitrogens with two attached hydrogens (primary N) is 1. The van der Waals surface area contributed by atoms with Gasteiger partial charge in [0.2, 0.25) is 10.0 Å². The average molecular weight is 226 g/mol. The van der Waals surface area contributed by atoms with E-state index >= 15 is 0 Å². The first-order chi connectivity index (χ1) is 7.05. The van der Waals surface area contributed by atoms with Gasteiger partial charge in [-0.2, -0.15) is 0 Å². The van der Waals surface area contributed by atoms with E-state index in [1.54, 1.807) is 12.1 Å². The Bertz CT molecular complexity index is 435. The smallest absolute Gasteiger partial charge is 0.238 e. The molecule has 0 aromatic heterocycles. The number of sulfonamides is 1. The van der Waals surface area contributed by atoms with Crippen LogP contribution in [0.25, 0.3) is 0 Å². The molecule has 1 aromatic rings. The Hall–Kier alpha value is -1.07. The largest absolute Gasteiger partial charge is 0.382 e. The summed E-state index contributed by atoms with van der Waals surface area (Å²) < 4.78 is 22.0. The minimum absolute atomic E-state index is 0.154. The second-order valence-corrected chi connectivity index (χ2v) is 5.40. The summed E-state index contributed by atoms with van der Waals surface area (Å²) in [5.74, 6) is 0. The Morgan fingerprint density at radius 3 is 2.20 bits per heavy atom. The van der Waals surface area contributed by atoms with Gasteiger partial charge in [0.15, 0.2) is 0 Å². The van der Waals surface area contributed by atoms with Crippen LogP contribution in [0, 0.1) is 0 Å². The van der Waals surface area contributed by atoms with Crippen LogP contribution < -0.4 is 10.5 Å². The van der Waals surface area contributed by atoms with Gasteiger partial charge in [-0.15, -0.1) is 0 Å². The van der Waals surface area contributed by atoms with Gasteiger partial charge in [0.05, 0.1) is 4.90 Å². The first-order valence-electron chi connectivity index (χ1n) is 4.95. The third-order valence-electron chi connectivity index (χ3n) is 2.66. The van der Waals surface area contributed by atoms with Crippen molar-refractivity contribution in [2.75, 3.05) is 5.32 Å². The Morgan fingerprint density at radius 1 is 1.20 bits per heavy atom. The Morgan fingerprint density at radius 2 is 1.80 bits per heavy atom. The van der Waals surface area contributed by atoms with Gasteiger partial charge in [0.25, 0.3) is 0 Å². The molecule has 4 nitrogen and oxygen atoms in total. The number of anilines is 1. The van der Waals surface area contributed by atoms with E-state index in [1.165, 1.54) is 31.4 Å². The Labute approximate surface area is 89.5 Å². The maximum atomic E-state index is 11.0. The SMILES string of the molecule is NS(=O)(=O)c1ccc(NC2CCC2)cc1. The van der Waals surface area contributed by atoms with E-state index in [0.29, 0.717) is 6.04 Å². The summed E-state index contributed by atoms with van der Waals surface area (Å²) in [6.45, 7) is 0. The number of rotatable bonds is 3. The molecule has 0 heterocycles. The predicted octanol–water partition coefficient (Wildman–Crippen LogP) is 1.30. The molecule has 1 aromatic carbocycles. The van der Waals surface area contributed by atoms with Crippen LogP contribution in [0.15, 0.2) is 29.2 Å². The van der Waals surface area contributed by atoms with Crippen molar-refractivity contribution in [2.45, 2.75) is 30.2 Å². The fourth-order valence-electron chi connectivity index (χ4n) is 1.53. The van der Waals surface area contributed by atoms with Crippen LogP contribution in [0.5, 0.6) is 0 Å². The molecule has 0 amide bonds. The molecule has 0 radical (unpaired) electrons. The number of primary sulfonamides is 1. The van der Waals surface area contributed by atoms with E-state index in [9.17, 15) is 8.42 Å². The molecule has 1 saturated carbocycles. The molecule has 2 rings (SSSR count). The van der Waals surface area contributed by atoms with Crippen LogP contribution >= 0.6 is 0 Å². The quantitative estimate of drug-likeness (QED) is 0.816. The third-order valence-corrected chi connectivity index (χ3v) is 3.59. The number of hydrogen-bond acceptors (Lipinski definition) is 3. The van der Waals surface area contributed by atoms with Crippen LogP contribution in [0.3, 0.4) is 0 Å². The Kier molecular flexibility index (Phi) is 2.67. The minimum Gasteiger partial charge on any atom is -0.382 e. The van der Waals surface area contributed by atoms with Crippen LogP contribution in [-0.2, 0) is 10.0 Å². The topological polar surface area (TPSA) is 72.2 Å². The first-order valence-corrected chi connectivity index (χ1v) is 6.50. The minimum atomic E-state index is -3.57. The van der Waals surface area contributed by atoms with E-state index in [-0.39, 0.29) is 4.90 Å². The van der Waals surface area contributed by atoms with E-state index in [2.05, 4.69) is 5.32 Å². The van der Waals surface area contributed by atoms with Gasteiger partial charge in [-0.1, -0.05) is 0 Å². The van der Waals surface area contributed by atoms with Crippen LogP contribution in [-0.4, -0.2) is 14.5 Å². The lowest BCUT2D eigenvalue weighted by Gasteiger charge is -2.27. The van der Waals surface area contributed by atoms with E-state index in [4.69, 9.17) is 5.14 Å². The van der Waals surface area contributed by atoms with Crippen molar-refractivity contribution in [1.82, 2.24) is 0 Å². The van der Waals surface area contributed by atoms with E-state index < -0.39 is 10.0 Å². The third kappa shape index (κ3) is 2.49. The highest BCUT2D eigenvalue weighted by Gasteiger charge is 2.16. The second kappa shape index (κ2) is 3.83. The Balaban J connectivity index is 2.09. The van der Waals surface area contributed by atoms with Crippen molar-refractivity contribution in [1.29, 1.82) is 0 Å². The zero-order chi connectivity index (χ0) is 10.9. The summed E-state index contributed by atoms with van der Waals surface area (Å²) in [5.41, 5.74) is 0.951. The molecule has 3 N–H and O–H groups in total. The highest BCUT2D eigenvalue weighted by Crippen LogP contribution is 2.23. The number of benzene rings is 1. The fourth-order valence-corrected chi connectivity index (χ4v) is 2.04. The van der Waals surface area contributed by atoms with Crippen molar-refractivity contribution >= 4 is 15.7 Å². The lowest BCUT2D eigenvalue weighted by Crippen LogP contribution is -2.26. The standard InChI is InChI=1S/C10H14N2O2S/c11-15(13,14)10-6-4-9(5-7-10)12-8-2-1-3-8/h4-8,12H,1-3H2,(H2,11,13,14). The molecule has 0 aliphatic heterocycles. The van der Waals surface area contributed by atoms with Crippen molar-refractivity contribution < 1.29 is 8.42 Å². The summed E-state index contributed by atoms with van der Waals surface area (Å²) in [6, 6.07) is 7.09. The molecule has 5 heteroatoms. The van der Waals surface area contributed by atoms with Crippen molar-refractivity contribution in [3.05, 3.63) is 24.3 Å². The van der Waals surface area contributed by atoms with Crippen molar-refractivity contribution in [3.8, 4) is 0 Å². The molecule has 1 fully saturated rings. The molecule has 0 bridgehead atoms. The van der Waals surface area contributed by atoms with Gasteiger partial charge in [-0.05, 0) is 43.5 Å². The highest BCUT2D eigenvalue weighted by molar-refractivity contribution is 7.89. The van der Waals surface area contributed by atoms with E-state index in [0.717, 1.165) is 5.69 Å². The molecule has 0 saturated heterocycles. The van der Waals surface area contributed by atoms with Gasteiger partial charge in [-0.25, -0.2) is 13.6 Å². The number of nitrogens with one attached hydrogen (secondary N) is 1. The lowest BCUT2D eigenvalue weighted by atomic mass is 9.93. The van der Waals surface area contributed by atoms with Gasteiger partial charge in [-0.3, -0.25) is 0 Å². The lowest BCUT2D eigenvalue weighted by molar-refractivity contribution is 0.445. The van der Waals surface area contributed by atoms with Crippen molar-refractivity contribution in [3.63, 3.8) is 0 Å².